The first-order chi connectivity index (χ1) is 11.9. The SMILES string of the molecule is N#[C][Fe-3]([C]#N)([C]#N)([C]#N)([C]#N)[C]#N.N#[C][Fe-3]([C]#N)([C]#N)([C]#N)([C]#N)[C]#N.[Mn+2].[Mn+2].[Mn+2]. The van der Waals surface area contributed by atoms with Gasteiger partial charge in [-0.1, -0.05) is 0 Å². The molecule has 0 aromatic heterocycles. The Balaban J connectivity index is -0.000000120. The molecule has 0 heterocycles. The summed E-state index contributed by atoms with van der Waals surface area (Å²) in [4.78, 5) is 12.4. The van der Waals surface area contributed by atoms with Gasteiger partial charge in [-0.05, 0) is 0 Å². The van der Waals surface area contributed by atoms with Crippen LogP contribution in [0.5, 0.6) is 0 Å². The van der Waals surface area contributed by atoms with E-state index in [1.807, 2.05) is 0 Å². The van der Waals surface area contributed by atoms with Gasteiger partial charge in [0.1, 0.15) is 0 Å². The van der Waals surface area contributed by atoms with E-state index in [0.717, 1.165) is 59.6 Å². The third kappa shape index (κ3) is 3.88. The molecule has 0 unspecified atom stereocenters. The molecule has 0 aromatic carbocycles. The van der Waals surface area contributed by atoms with E-state index in [1.54, 1.807) is 0 Å². The molecule has 0 aromatic rings. The maximum absolute atomic E-state index is 8.58. The van der Waals surface area contributed by atoms with Crippen LogP contribution in [-0.4, -0.2) is 0 Å². The van der Waals surface area contributed by atoms with Gasteiger partial charge in [0.2, 0.25) is 0 Å². The molecule has 0 amide bonds. The molecule has 0 aliphatic rings. The van der Waals surface area contributed by atoms with Crippen LogP contribution < -0.4 is 0 Å². The van der Waals surface area contributed by atoms with Crippen LogP contribution in [-0.2, 0) is 72.7 Å². The largest absolute Gasteiger partial charge is 2.00 e. The number of nitriles is 12. The molecule has 0 saturated heterocycles. The molecule has 29 heavy (non-hydrogen) atoms. The summed E-state index contributed by atoms with van der Waals surface area (Å²) in [6.45, 7) is 0. The second kappa shape index (κ2) is 9.11. The maximum atomic E-state index is 8.58. The van der Waals surface area contributed by atoms with Gasteiger partial charge >= 0.3 is 195 Å². The van der Waals surface area contributed by atoms with Crippen molar-refractivity contribution in [2.75, 3.05) is 0 Å². The van der Waals surface area contributed by atoms with Gasteiger partial charge in [0.15, 0.2) is 0 Å². The Morgan fingerprint density at radius 2 is 0.310 bits per heavy atom. The predicted octanol–water partition coefficient (Wildman–Crippen LogP) is 0.189. The molecular weight excluding hydrogens is 589 g/mol. The van der Waals surface area contributed by atoms with Crippen LogP contribution in [0.3, 0.4) is 0 Å². The molecule has 0 saturated carbocycles. The Bertz CT molecular complexity index is 890. The quantitative estimate of drug-likeness (QED) is 0.342. The third-order valence-electron chi connectivity index (χ3n) is 2.37. The van der Waals surface area contributed by atoms with Crippen molar-refractivity contribution in [2.24, 2.45) is 0 Å². The molecule has 0 aliphatic heterocycles. The summed E-state index contributed by atoms with van der Waals surface area (Å²) in [5, 5.41) is 103. The van der Waals surface area contributed by atoms with Crippen LogP contribution in [0.1, 0.15) is 0 Å². The van der Waals surface area contributed by atoms with Crippen LogP contribution in [0.15, 0.2) is 0 Å². The Morgan fingerprint density at radius 3 is 0.310 bits per heavy atom. The van der Waals surface area contributed by atoms with E-state index in [0.29, 0.717) is 0 Å². The van der Waals surface area contributed by atoms with Crippen molar-refractivity contribution >= 4 is 0 Å². The van der Waals surface area contributed by atoms with Crippen LogP contribution >= 0.6 is 0 Å². The van der Waals surface area contributed by atoms with E-state index in [1.165, 1.54) is 0 Å². The molecule has 0 rings (SSSR count). The van der Waals surface area contributed by atoms with E-state index in [-0.39, 0.29) is 51.2 Å². The summed E-state index contributed by atoms with van der Waals surface area (Å²) < 4.78 is 0. The van der Waals surface area contributed by atoms with Gasteiger partial charge < -0.3 is 0 Å². The normalized spacial score (nSPS) is 12.0. The number of hydrogen-bond acceptors (Lipinski definition) is 12. The van der Waals surface area contributed by atoms with E-state index >= 15 is 0 Å². The standard InChI is InChI=1S/12CN.2Fe.3Mn/c12*1-2;;;;;/q;;;;;;;;;;;;2*-3;3*+2. The Morgan fingerprint density at radius 1 is 0.241 bits per heavy atom. The van der Waals surface area contributed by atoms with Crippen LogP contribution in [0.2, 0.25) is 0 Å². The summed E-state index contributed by atoms with van der Waals surface area (Å²) in [6.07, 6.45) is 0. The van der Waals surface area contributed by atoms with Gasteiger partial charge in [-0.3, -0.25) is 0 Å². The Labute approximate surface area is 194 Å². The van der Waals surface area contributed by atoms with E-state index in [2.05, 4.69) is 0 Å². The summed E-state index contributed by atoms with van der Waals surface area (Å²) in [5.74, 6) is 0. The smallest absolute Gasteiger partial charge is 2.00 e. The second-order valence-electron chi connectivity index (χ2n) is 3.60. The molecule has 0 atom stereocenters. The van der Waals surface area contributed by atoms with Crippen LogP contribution in [0, 0.1) is 123 Å². The summed E-state index contributed by atoms with van der Waals surface area (Å²) in [5.41, 5.74) is 0. The molecule has 145 valence electrons. The zero-order valence-electron chi connectivity index (χ0n) is 13.2. The monoisotopic (exact) mass is 589 g/mol. The van der Waals surface area contributed by atoms with Crippen molar-refractivity contribution in [3.8, 4) is 59.6 Å². The molecule has 0 aliphatic carbocycles. The fourth-order valence-electron chi connectivity index (χ4n) is 0.530. The second-order valence-corrected chi connectivity index (χ2v) is 14.8. The number of rotatable bonds is 0. The Kier molecular flexibility index (Phi) is 11.4. The minimum absolute atomic E-state index is 0. The number of hydrogen-bond donors (Lipinski definition) is 0. The topological polar surface area (TPSA) is 285 Å². The molecule has 0 N–H and O–H groups in total. The number of nitrogens with zero attached hydrogens (tertiary/aromatic N) is 12. The zero-order chi connectivity index (χ0) is 21.3. The van der Waals surface area contributed by atoms with Crippen LogP contribution in [0.25, 0.3) is 0 Å². The predicted molar refractivity (Wildman–Crippen MR) is 67.4 cm³/mol. The molecule has 17 heteroatoms. The summed E-state index contributed by atoms with van der Waals surface area (Å²) >= 11 is 0. The van der Waals surface area contributed by atoms with E-state index in [9.17, 15) is 0 Å². The van der Waals surface area contributed by atoms with Crippen molar-refractivity contribution in [3.05, 3.63) is 0 Å². The van der Waals surface area contributed by atoms with Gasteiger partial charge in [0.05, 0.1) is 0 Å². The van der Waals surface area contributed by atoms with E-state index < -0.39 is 21.5 Å². The van der Waals surface area contributed by atoms with Gasteiger partial charge in [-0.25, -0.2) is 0 Å². The maximum Gasteiger partial charge on any atom is 2.00 e. The van der Waals surface area contributed by atoms with Gasteiger partial charge in [-0.15, -0.1) is 0 Å². The molecule has 0 bridgehead atoms. The first-order valence-electron chi connectivity index (χ1n) is 4.80. The van der Waals surface area contributed by atoms with Crippen LogP contribution in [0.4, 0.5) is 0 Å². The molecule has 3 radical (unpaired) electrons. The van der Waals surface area contributed by atoms with Gasteiger partial charge in [0, 0.05) is 0 Å². The van der Waals surface area contributed by atoms with E-state index in [4.69, 9.17) is 63.1 Å². The minimum atomic E-state index is -6.17. The molecule has 0 spiro atoms. The van der Waals surface area contributed by atoms with Crippen molar-refractivity contribution in [2.45, 2.75) is 0 Å². The summed E-state index contributed by atoms with van der Waals surface area (Å²) in [6, 6.07) is 0. The third-order valence-corrected chi connectivity index (χ3v) is 9.78. The van der Waals surface area contributed by atoms with Gasteiger partial charge in [0.25, 0.3) is 0 Å². The average molecular weight is 589 g/mol. The first kappa shape index (κ1) is 36.4. The van der Waals surface area contributed by atoms with Gasteiger partial charge in [-0.2, -0.15) is 0 Å². The minimum Gasteiger partial charge on any atom is 2.00 e. The Hall–Kier alpha value is -3.52. The average Bonchev–Trinajstić information content (AvgIpc) is 2.77. The first-order valence-corrected chi connectivity index (χ1v) is 11.4. The molecule has 12 nitrogen and oxygen atoms in total. The summed E-state index contributed by atoms with van der Waals surface area (Å²) in [7, 11) is -12.3. The zero-order valence-corrected chi connectivity index (χ0v) is 19.0. The van der Waals surface area contributed by atoms with Crippen molar-refractivity contribution in [1.82, 2.24) is 0 Å². The molecular formula is C12Fe2Mn3N12. The fourth-order valence-corrected chi connectivity index (χ4v) is 2.19. The molecule has 0 fully saturated rings. The van der Waals surface area contributed by atoms with Crippen molar-refractivity contribution in [3.63, 3.8) is 0 Å². The van der Waals surface area contributed by atoms with Crippen molar-refractivity contribution in [1.29, 1.82) is 63.1 Å². The fraction of sp³-hybridized carbons (Fsp3) is 0. The van der Waals surface area contributed by atoms with Crippen molar-refractivity contribution < 1.29 is 72.7 Å².